The lowest BCUT2D eigenvalue weighted by Gasteiger charge is -1.97. The molecule has 9 heteroatoms. The summed E-state index contributed by atoms with van der Waals surface area (Å²) in [6, 6.07) is 0. The molecule has 4 nitrogen and oxygen atoms in total. The van der Waals surface area contributed by atoms with E-state index in [-0.39, 0.29) is 0 Å². The highest BCUT2D eigenvalue weighted by atomic mass is 35.7. The van der Waals surface area contributed by atoms with Gasteiger partial charge in [-0.25, -0.2) is 16.8 Å². The van der Waals surface area contributed by atoms with Gasteiger partial charge in [0.2, 0.25) is 0 Å². The Morgan fingerprint density at radius 2 is 1.10 bits per heavy atom. The fourth-order valence-corrected chi connectivity index (χ4v) is 3.29. The molecule has 10 heavy (non-hydrogen) atoms. The minimum atomic E-state index is -4.34. The molecule has 0 aromatic heterocycles. The second-order valence-corrected chi connectivity index (χ2v) is 7.90. The number of hydrogen-bond acceptors (Lipinski definition) is 4. The van der Waals surface area contributed by atoms with Gasteiger partial charge in [0.15, 0.2) is 0 Å². The summed E-state index contributed by atoms with van der Waals surface area (Å²) < 4.78 is 38.3. The topological polar surface area (TPSA) is 68.3 Å². The van der Waals surface area contributed by atoms with Gasteiger partial charge in [-0.15, -0.1) is 0 Å². The molecule has 0 N–H and O–H groups in total. The van der Waals surface area contributed by atoms with Crippen molar-refractivity contribution in [2.45, 2.75) is 4.04 Å². The van der Waals surface area contributed by atoms with Gasteiger partial charge in [-0.05, 0) is 0 Å². The van der Waals surface area contributed by atoms with E-state index in [1.165, 1.54) is 0 Å². The second kappa shape index (κ2) is 3.02. The fraction of sp³-hybridized carbons (Fsp3) is 1.00. The number of hydrogen-bond donors (Lipinski definition) is 0. The van der Waals surface area contributed by atoms with Crippen LogP contribution >= 0.6 is 33.0 Å². The maximum Gasteiger partial charge on any atom is 0.265 e. The summed E-state index contributed by atoms with van der Waals surface area (Å²) in [7, 11) is 0.404. The molecule has 0 aromatic carbocycles. The zero-order chi connectivity index (χ0) is 8.58. The zero-order valence-corrected chi connectivity index (χ0v) is 8.06. The predicted octanol–water partition coefficient (Wildman–Crippen LogP) is 0.646. The van der Waals surface area contributed by atoms with Crippen molar-refractivity contribution >= 4 is 51.1 Å². The molecule has 0 rings (SSSR count). The van der Waals surface area contributed by atoms with Crippen molar-refractivity contribution in [2.75, 3.05) is 0 Å². The van der Waals surface area contributed by atoms with Crippen molar-refractivity contribution in [3.05, 3.63) is 0 Å². The summed E-state index contributed by atoms with van der Waals surface area (Å²) in [5.41, 5.74) is 0. The summed E-state index contributed by atoms with van der Waals surface area (Å²) in [5.74, 6) is 0. The number of alkyl halides is 1. The van der Waals surface area contributed by atoms with Crippen LogP contribution in [-0.4, -0.2) is 20.9 Å². The lowest BCUT2D eigenvalue weighted by Crippen LogP contribution is -2.15. The monoisotopic (exact) mass is 246 g/mol. The Kier molecular flexibility index (Phi) is 3.25. The van der Waals surface area contributed by atoms with Crippen LogP contribution in [0.2, 0.25) is 0 Å². The Morgan fingerprint density at radius 3 is 1.10 bits per heavy atom. The van der Waals surface area contributed by atoms with E-state index >= 15 is 0 Å². The molecule has 0 atom stereocenters. The molecule has 0 saturated heterocycles. The van der Waals surface area contributed by atoms with Crippen molar-refractivity contribution in [1.82, 2.24) is 0 Å². The van der Waals surface area contributed by atoms with Gasteiger partial charge in [0.1, 0.15) is 0 Å². The highest BCUT2D eigenvalue weighted by molar-refractivity contribution is 8.30. The van der Waals surface area contributed by atoms with Gasteiger partial charge in [-0.2, -0.15) is 0 Å². The van der Waals surface area contributed by atoms with E-state index in [2.05, 4.69) is 21.4 Å². The summed E-state index contributed by atoms with van der Waals surface area (Å²) in [4.78, 5) is 0. The second-order valence-electron chi connectivity index (χ2n) is 1.23. The first-order chi connectivity index (χ1) is 4.15. The molecule has 0 heterocycles. The summed E-state index contributed by atoms with van der Waals surface area (Å²) in [6.45, 7) is 0. The molecule has 0 aromatic rings. The van der Waals surface area contributed by atoms with E-state index in [1.807, 2.05) is 0 Å². The first-order valence-corrected chi connectivity index (χ1v) is 6.85. The molecule has 0 bridgehead atoms. The quantitative estimate of drug-likeness (QED) is 0.531. The highest BCUT2D eigenvalue weighted by Crippen LogP contribution is 2.21. The first-order valence-electron chi connectivity index (χ1n) is 1.66. The summed E-state index contributed by atoms with van der Waals surface area (Å²) in [6.07, 6.45) is 0. The molecular weight excluding hydrogens is 246 g/mol. The molecule has 0 amide bonds. The fourth-order valence-electron chi connectivity index (χ4n) is 0.137. The van der Waals surface area contributed by atoms with Crippen LogP contribution in [0, 0.1) is 0 Å². The van der Waals surface area contributed by atoms with Crippen LogP contribution in [0.3, 0.4) is 0 Å². The molecule has 0 radical (unpaired) electrons. The average molecular weight is 248 g/mol. The van der Waals surface area contributed by atoms with Crippen molar-refractivity contribution < 1.29 is 16.8 Å². The van der Waals surface area contributed by atoms with E-state index in [4.69, 9.17) is 11.6 Å². The van der Waals surface area contributed by atoms with Crippen LogP contribution in [0.5, 0.6) is 0 Å². The Labute approximate surface area is 71.9 Å². The SMILES string of the molecule is O=S(=O)(Cl)C(Cl)S(=O)(=O)Cl. The van der Waals surface area contributed by atoms with E-state index in [0.29, 0.717) is 0 Å². The van der Waals surface area contributed by atoms with Gasteiger partial charge in [-0.3, -0.25) is 0 Å². The molecule has 0 aliphatic carbocycles. The third kappa shape index (κ3) is 3.25. The third-order valence-electron chi connectivity index (χ3n) is 0.443. The summed E-state index contributed by atoms with van der Waals surface area (Å²) in [5, 5.41) is 0. The number of rotatable bonds is 2. The van der Waals surface area contributed by atoms with Gasteiger partial charge < -0.3 is 0 Å². The Morgan fingerprint density at radius 1 is 0.900 bits per heavy atom. The van der Waals surface area contributed by atoms with E-state index in [0.717, 1.165) is 0 Å². The highest BCUT2D eigenvalue weighted by Gasteiger charge is 2.32. The lowest BCUT2D eigenvalue weighted by atomic mass is 11.9. The summed E-state index contributed by atoms with van der Waals surface area (Å²) >= 11 is 4.79. The van der Waals surface area contributed by atoms with E-state index < -0.39 is 22.1 Å². The molecule has 0 saturated carbocycles. The minimum absolute atomic E-state index is 2.29. The number of halogens is 3. The third-order valence-corrected chi connectivity index (χ3v) is 6.51. The Bertz CT molecular complexity index is 267. The zero-order valence-electron chi connectivity index (χ0n) is 4.16. The average Bonchev–Trinajstić information content (AvgIpc) is 1.59. The van der Waals surface area contributed by atoms with Crippen LogP contribution in [-0.2, 0) is 18.1 Å². The van der Waals surface area contributed by atoms with Crippen molar-refractivity contribution in [3.8, 4) is 0 Å². The van der Waals surface area contributed by atoms with Gasteiger partial charge in [0.05, 0.1) is 0 Å². The smallest absolute Gasteiger partial charge is 0.209 e. The molecule has 62 valence electrons. The van der Waals surface area contributed by atoms with Crippen LogP contribution in [0.1, 0.15) is 0 Å². The maximum atomic E-state index is 10.1. The van der Waals surface area contributed by atoms with E-state index in [1.54, 1.807) is 0 Å². The van der Waals surface area contributed by atoms with Gasteiger partial charge in [0, 0.05) is 21.4 Å². The normalized spacial score (nSPS) is 14.0. The molecular formula is CHCl3O4S2. The molecule has 0 fully saturated rings. The van der Waals surface area contributed by atoms with Crippen molar-refractivity contribution in [3.63, 3.8) is 0 Å². The maximum absolute atomic E-state index is 10.1. The lowest BCUT2D eigenvalue weighted by molar-refractivity contribution is 0.600. The van der Waals surface area contributed by atoms with Crippen molar-refractivity contribution in [1.29, 1.82) is 0 Å². The Balaban J connectivity index is 4.94. The minimum Gasteiger partial charge on any atom is -0.209 e. The van der Waals surface area contributed by atoms with Crippen LogP contribution < -0.4 is 0 Å². The first kappa shape index (κ1) is 10.8. The predicted molar refractivity (Wildman–Crippen MR) is 39.2 cm³/mol. The van der Waals surface area contributed by atoms with Crippen LogP contribution in [0.25, 0.3) is 0 Å². The van der Waals surface area contributed by atoms with Gasteiger partial charge in [0.25, 0.3) is 22.1 Å². The van der Waals surface area contributed by atoms with E-state index in [9.17, 15) is 16.8 Å². The largest absolute Gasteiger partial charge is 0.265 e. The molecule has 0 aliphatic rings. The van der Waals surface area contributed by atoms with Crippen molar-refractivity contribution in [2.24, 2.45) is 0 Å². The Hall–Kier alpha value is 0.770. The van der Waals surface area contributed by atoms with Gasteiger partial charge >= 0.3 is 0 Å². The standard InChI is InChI=1S/CHCl3O4S2/c2-1(9(3,5)6)10(4,7)8/h1H. The van der Waals surface area contributed by atoms with Gasteiger partial charge in [-0.1, -0.05) is 11.6 Å². The van der Waals surface area contributed by atoms with Crippen LogP contribution in [0.4, 0.5) is 0 Å². The molecule has 0 spiro atoms. The van der Waals surface area contributed by atoms with Crippen LogP contribution in [0.15, 0.2) is 0 Å². The molecule has 0 unspecified atom stereocenters. The molecule has 0 aliphatic heterocycles.